The van der Waals surface area contributed by atoms with Crippen LogP contribution in [0.4, 0.5) is 8.78 Å². The average Bonchev–Trinajstić information content (AvgIpc) is 2.33. The van der Waals surface area contributed by atoms with Crippen molar-refractivity contribution in [3.05, 3.63) is 34.9 Å². The summed E-state index contributed by atoms with van der Waals surface area (Å²) in [6.07, 6.45) is 0. The van der Waals surface area contributed by atoms with E-state index in [0.29, 0.717) is 19.6 Å². The number of aryl methyl sites for hydroxylation is 1. The van der Waals surface area contributed by atoms with Gasteiger partial charge in [0.2, 0.25) is 0 Å². The van der Waals surface area contributed by atoms with E-state index in [4.69, 9.17) is 0 Å². The fraction of sp³-hybridized carbons (Fsp3) is 0.500. The molecule has 1 amide bonds. The molecule has 104 valence electrons. The zero-order valence-corrected chi connectivity index (χ0v) is 11.4. The highest BCUT2D eigenvalue weighted by Crippen LogP contribution is 2.23. The second kappa shape index (κ2) is 4.89. The highest BCUT2D eigenvalue weighted by molar-refractivity contribution is 5.95. The summed E-state index contributed by atoms with van der Waals surface area (Å²) in [5.41, 5.74) is -0.634. The van der Waals surface area contributed by atoms with E-state index in [1.807, 2.05) is 13.8 Å². The number of amides is 1. The summed E-state index contributed by atoms with van der Waals surface area (Å²) in [5.74, 6) is -2.15. The minimum Gasteiger partial charge on any atom is -0.331 e. The molecule has 0 bridgehead atoms. The molecule has 3 nitrogen and oxygen atoms in total. The van der Waals surface area contributed by atoms with Crippen LogP contribution in [-0.2, 0) is 0 Å². The van der Waals surface area contributed by atoms with Crippen LogP contribution < -0.4 is 5.32 Å². The maximum Gasteiger partial charge on any atom is 0.260 e. The Hall–Kier alpha value is -1.49. The maximum atomic E-state index is 14.0. The van der Waals surface area contributed by atoms with E-state index in [2.05, 4.69) is 5.32 Å². The van der Waals surface area contributed by atoms with E-state index < -0.39 is 28.6 Å². The molecule has 1 heterocycles. The van der Waals surface area contributed by atoms with Crippen LogP contribution in [0.15, 0.2) is 12.1 Å². The molecule has 0 aromatic heterocycles. The molecule has 0 atom stereocenters. The smallest absolute Gasteiger partial charge is 0.260 e. The summed E-state index contributed by atoms with van der Waals surface area (Å²) in [7, 11) is 0. The van der Waals surface area contributed by atoms with Gasteiger partial charge < -0.3 is 10.2 Å². The molecule has 1 saturated heterocycles. The van der Waals surface area contributed by atoms with Crippen molar-refractivity contribution in [2.45, 2.75) is 26.3 Å². The number of carbonyl (C=O) groups is 1. The van der Waals surface area contributed by atoms with Crippen LogP contribution in [0, 0.1) is 18.6 Å². The summed E-state index contributed by atoms with van der Waals surface area (Å²) in [6, 6.07) is 2.48. The SMILES string of the molecule is Cc1ccc(F)c(C(=O)N2CCNCC2(C)C)c1F. The van der Waals surface area contributed by atoms with Crippen molar-refractivity contribution < 1.29 is 13.6 Å². The molecule has 19 heavy (non-hydrogen) atoms. The van der Waals surface area contributed by atoms with E-state index >= 15 is 0 Å². The van der Waals surface area contributed by atoms with Crippen molar-refractivity contribution in [2.24, 2.45) is 0 Å². The molecule has 0 unspecified atom stereocenters. The molecule has 1 N–H and O–H groups in total. The molecule has 1 aromatic carbocycles. The highest BCUT2D eigenvalue weighted by Gasteiger charge is 2.36. The zero-order valence-electron chi connectivity index (χ0n) is 11.4. The van der Waals surface area contributed by atoms with E-state index in [9.17, 15) is 13.6 Å². The van der Waals surface area contributed by atoms with E-state index in [1.54, 1.807) is 0 Å². The van der Waals surface area contributed by atoms with Gasteiger partial charge in [0.1, 0.15) is 17.2 Å². The molecule has 1 aliphatic rings. The predicted octanol–water partition coefficient (Wildman–Crippen LogP) is 2.10. The largest absolute Gasteiger partial charge is 0.331 e. The molecule has 5 heteroatoms. The van der Waals surface area contributed by atoms with Crippen LogP contribution in [-0.4, -0.2) is 36.0 Å². The fourth-order valence-electron chi connectivity index (χ4n) is 2.35. The Labute approximate surface area is 111 Å². The lowest BCUT2D eigenvalue weighted by Crippen LogP contribution is -2.60. The van der Waals surface area contributed by atoms with Gasteiger partial charge in [-0.15, -0.1) is 0 Å². The number of benzene rings is 1. The third kappa shape index (κ3) is 2.47. The lowest BCUT2D eigenvalue weighted by Gasteiger charge is -2.42. The minimum atomic E-state index is -0.803. The average molecular weight is 268 g/mol. The van der Waals surface area contributed by atoms with Gasteiger partial charge in [-0.05, 0) is 32.4 Å². The Bertz CT molecular complexity index is 514. The number of carbonyl (C=O) groups excluding carboxylic acids is 1. The molecular weight excluding hydrogens is 250 g/mol. The maximum absolute atomic E-state index is 14.0. The van der Waals surface area contributed by atoms with Crippen LogP contribution in [0.3, 0.4) is 0 Å². The predicted molar refractivity (Wildman–Crippen MR) is 69.1 cm³/mol. The zero-order chi connectivity index (χ0) is 14.2. The van der Waals surface area contributed by atoms with Gasteiger partial charge in [0, 0.05) is 19.6 Å². The van der Waals surface area contributed by atoms with Crippen LogP contribution in [0.2, 0.25) is 0 Å². The Morgan fingerprint density at radius 3 is 2.68 bits per heavy atom. The minimum absolute atomic E-state index is 0.276. The molecule has 2 rings (SSSR count). The first-order valence-corrected chi connectivity index (χ1v) is 6.32. The first-order valence-electron chi connectivity index (χ1n) is 6.32. The van der Waals surface area contributed by atoms with E-state index in [-0.39, 0.29) is 5.56 Å². The summed E-state index contributed by atoms with van der Waals surface area (Å²) in [5, 5.41) is 3.17. The number of rotatable bonds is 1. The van der Waals surface area contributed by atoms with Crippen molar-refractivity contribution in [3.8, 4) is 0 Å². The van der Waals surface area contributed by atoms with Gasteiger partial charge in [0.05, 0.1) is 5.54 Å². The van der Waals surface area contributed by atoms with Crippen molar-refractivity contribution in [1.29, 1.82) is 0 Å². The molecule has 0 aliphatic carbocycles. The molecule has 1 aliphatic heterocycles. The van der Waals surface area contributed by atoms with E-state index in [1.165, 1.54) is 17.9 Å². The molecule has 1 fully saturated rings. The Kier molecular flexibility index (Phi) is 3.58. The van der Waals surface area contributed by atoms with Crippen molar-refractivity contribution in [3.63, 3.8) is 0 Å². The third-order valence-electron chi connectivity index (χ3n) is 3.54. The topological polar surface area (TPSA) is 32.3 Å². The first-order chi connectivity index (χ1) is 8.84. The molecule has 0 radical (unpaired) electrons. The summed E-state index contributed by atoms with van der Waals surface area (Å²) < 4.78 is 27.8. The second-order valence-corrected chi connectivity index (χ2v) is 5.50. The Morgan fingerprint density at radius 1 is 1.37 bits per heavy atom. The number of nitrogens with zero attached hydrogens (tertiary/aromatic N) is 1. The van der Waals surface area contributed by atoms with E-state index in [0.717, 1.165) is 6.07 Å². The monoisotopic (exact) mass is 268 g/mol. The Balaban J connectivity index is 2.42. The number of halogens is 2. The quantitative estimate of drug-likeness (QED) is 0.846. The van der Waals surface area contributed by atoms with Gasteiger partial charge in [0.25, 0.3) is 5.91 Å². The van der Waals surface area contributed by atoms with Gasteiger partial charge >= 0.3 is 0 Å². The normalized spacial score (nSPS) is 18.5. The van der Waals surface area contributed by atoms with Crippen LogP contribution in [0.5, 0.6) is 0 Å². The van der Waals surface area contributed by atoms with Gasteiger partial charge in [-0.2, -0.15) is 0 Å². The van der Waals surface area contributed by atoms with Crippen LogP contribution >= 0.6 is 0 Å². The molecule has 0 spiro atoms. The van der Waals surface area contributed by atoms with Gasteiger partial charge in [-0.25, -0.2) is 8.78 Å². The lowest BCUT2D eigenvalue weighted by molar-refractivity contribution is 0.0467. The van der Waals surface area contributed by atoms with Crippen molar-refractivity contribution in [1.82, 2.24) is 10.2 Å². The van der Waals surface area contributed by atoms with Crippen LogP contribution in [0.25, 0.3) is 0 Å². The van der Waals surface area contributed by atoms with Gasteiger partial charge in [-0.1, -0.05) is 6.07 Å². The fourth-order valence-corrected chi connectivity index (χ4v) is 2.35. The first kappa shape index (κ1) is 13.9. The lowest BCUT2D eigenvalue weighted by atomic mass is 9.98. The van der Waals surface area contributed by atoms with Gasteiger partial charge in [0.15, 0.2) is 0 Å². The summed E-state index contributed by atoms with van der Waals surface area (Å²) >= 11 is 0. The molecule has 1 aromatic rings. The number of hydrogen-bond acceptors (Lipinski definition) is 2. The van der Waals surface area contributed by atoms with Crippen molar-refractivity contribution >= 4 is 5.91 Å². The highest BCUT2D eigenvalue weighted by atomic mass is 19.1. The molecular formula is C14H18F2N2O. The van der Waals surface area contributed by atoms with Gasteiger partial charge in [-0.3, -0.25) is 4.79 Å². The van der Waals surface area contributed by atoms with Crippen LogP contribution in [0.1, 0.15) is 29.8 Å². The number of piperazine rings is 1. The summed E-state index contributed by atoms with van der Waals surface area (Å²) in [4.78, 5) is 14.0. The number of nitrogens with one attached hydrogen (secondary N) is 1. The Morgan fingerprint density at radius 2 is 2.05 bits per heavy atom. The third-order valence-corrected chi connectivity index (χ3v) is 3.54. The number of hydrogen-bond donors (Lipinski definition) is 1. The summed E-state index contributed by atoms with van der Waals surface area (Å²) in [6.45, 7) is 6.95. The second-order valence-electron chi connectivity index (χ2n) is 5.50. The standard InChI is InChI=1S/C14H18F2N2O/c1-9-4-5-10(15)11(12(9)16)13(19)18-7-6-17-8-14(18,2)3/h4-5,17H,6-8H2,1-3H3. The molecule has 0 saturated carbocycles. The van der Waals surface area contributed by atoms with Crippen molar-refractivity contribution in [2.75, 3.05) is 19.6 Å².